The molecule has 0 saturated heterocycles. The maximum atomic E-state index is 12.7. The number of aryl methyl sites for hydroxylation is 1. The van der Waals surface area contributed by atoms with Gasteiger partial charge in [-0.15, -0.1) is 11.8 Å². The minimum atomic E-state index is -0.461. The van der Waals surface area contributed by atoms with E-state index in [1.807, 2.05) is 43.3 Å². The van der Waals surface area contributed by atoms with Gasteiger partial charge < -0.3 is 9.64 Å². The number of anilines is 1. The molecule has 4 nitrogen and oxygen atoms in total. The summed E-state index contributed by atoms with van der Waals surface area (Å²) in [6.07, 6.45) is 0.900. The Morgan fingerprint density at radius 2 is 1.88 bits per heavy atom. The van der Waals surface area contributed by atoms with Crippen LogP contribution < -0.4 is 4.90 Å². The summed E-state index contributed by atoms with van der Waals surface area (Å²) in [6.45, 7) is 4.39. The fourth-order valence-electron chi connectivity index (χ4n) is 2.83. The Balaban J connectivity index is 1.71. The van der Waals surface area contributed by atoms with Gasteiger partial charge in [-0.3, -0.25) is 4.79 Å². The molecule has 0 radical (unpaired) electrons. The van der Waals surface area contributed by atoms with Crippen molar-refractivity contribution in [3.8, 4) is 0 Å². The first-order chi connectivity index (χ1) is 12.1. The molecule has 25 heavy (non-hydrogen) atoms. The number of amides is 1. The van der Waals surface area contributed by atoms with E-state index in [-0.39, 0.29) is 12.5 Å². The lowest BCUT2D eigenvalue weighted by Gasteiger charge is -2.22. The Hall–Kier alpha value is -2.27. The zero-order valence-electron chi connectivity index (χ0n) is 14.4. The van der Waals surface area contributed by atoms with E-state index < -0.39 is 5.97 Å². The SMILES string of the molecule is Cc1ccccc1C(=O)OCC(=O)N1CC[C@@H](C)Sc2ccccc21. The van der Waals surface area contributed by atoms with Gasteiger partial charge in [0.1, 0.15) is 0 Å². The lowest BCUT2D eigenvalue weighted by atomic mass is 10.1. The number of hydrogen-bond donors (Lipinski definition) is 0. The third-order valence-electron chi connectivity index (χ3n) is 4.24. The molecule has 1 amide bonds. The second kappa shape index (κ2) is 7.74. The van der Waals surface area contributed by atoms with Crippen molar-refractivity contribution in [1.82, 2.24) is 0 Å². The summed E-state index contributed by atoms with van der Waals surface area (Å²) in [5, 5.41) is 0.438. The Morgan fingerprint density at radius 1 is 1.16 bits per heavy atom. The van der Waals surface area contributed by atoms with Crippen molar-refractivity contribution in [3.63, 3.8) is 0 Å². The van der Waals surface area contributed by atoms with Crippen molar-refractivity contribution in [2.75, 3.05) is 18.1 Å². The molecule has 0 aliphatic carbocycles. The molecular formula is C20H21NO3S. The number of para-hydroxylation sites is 1. The summed E-state index contributed by atoms with van der Waals surface area (Å²) in [6, 6.07) is 15.1. The molecule has 2 aromatic carbocycles. The zero-order chi connectivity index (χ0) is 17.8. The van der Waals surface area contributed by atoms with Gasteiger partial charge in [0.05, 0.1) is 11.3 Å². The van der Waals surface area contributed by atoms with Crippen LogP contribution >= 0.6 is 11.8 Å². The number of fused-ring (bicyclic) bond motifs is 1. The summed E-state index contributed by atoms with van der Waals surface area (Å²) < 4.78 is 5.27. The molecule has 0 saturated carbocycles. The Morgan fingerprint density at radius 3 is 2.68 bits per heavy atom. The Kier molecular flexibility index (Phi) is 5.43. The first-order valence-corrected chi connectivity index (χ1v) is 9.23. The second-order valence-electron chi connectivity index (χ2n) is 6.12. The van der Waals surface area contributed by atoms with Crippen LogP contribution in [-0.2, 0) is 9.53 Å². The van der Waals surface area contributed by atoms with E-state index >= 15 is 0 Å². The highest BCUT2D eigenvalue weighted by Crippen LogP contribution is 2.37. The van der Waals surface area contributed by atoms with Crippen molar-refractivity contribution in [2.45, 2.75) is 30.4 Å². The predicted octanol–water partition coefficient (Wildman–Crippen LogP) is 4.07. The Bertz CT molecular complexity index is 790. The molecular weight excluding hydrogens is 334 g/mol. The highest BCUT2D eigenvalue weighted by Gasteiger charge is 2.25. The lowest BCUT2D eigenvalue weighted by molar-refractivity contribution is -0.121. The van der Waals surface area contributed by atoms with Gasteiger partial charge in [-0.1, -0.05) is 37.3 Å². The van der Waals surface area contributed by atoms with E-state index in [2.05, 4.69) is 6.92 Å². The average molecular weight is 355 g/mol. The number of rotatable bonds is 3. The van der Waals surface area contributed by atoms with Crippen molar-refractivity contribution < 1.29 is 14.3 Å². The predicted molar refractivity (Wildman–Crippen MR) is 100 cm³/mol. The number of carbonyl (C=O) groups is 2. The zero-order valence-corrected chi connectivity index (χ0v) is 15.2. The van der Waals surface area contributed by atoms with E-state index in [1.54, 1.807) is 28.8 Å². The van der Waals surface area contributed by atoms with Gasteiger partial charge in [0, 0.05) is 16.7 Å². The number of nitrogens with zero attached hydrogens (tertiary/aromatic N) is 1. The molecule has 0 fully saturated rings. The number of benzene rings is 2. The van der Waals surface area contributed by atoms with Crippen molar-refractivity contribution in [1.29, 1.82) is 0 Å². The van der Waals surface area contributed by atoms with Crippen molar-refractivity contribution in [3.05, 3.63) is 59.7 Å². The maximum absolute atomic E-state index is 12.7. The molecule has 130 valence electrons. The van der Waals surface area contributed by atoms with Crippen LogP contribution in [0.1, 0.15) is 29.3 Å². The highest BCUT2D eigenvalue weighted by atomic mass is 32.2. The van der Waals surface area contributed by atoms with Gasteiger partial charge >= 0.3 is 5.97 Å². The first-order valence-electron chi connectivity index (χ1n) is 8.35. The van der Waals surface area contributed by atoms with Crippen LogP contribution in [0.25, 0.3) is 0 Å². The monoisotopic (exact) mass is 355 g/mol. The van der Waals surface area contributed by atoms with Crippen molar-refractivity contribution >= 4 is 29.3 Å². The van der Waals surface area contributed by atoms with E-state index in [0.717, 1.165) is 22.6 Å². The molecule has 5 heteroatoms. The van der Waals surface area contributed by atoms with E-state index in [9.17, 15) is 9.59 Å². The van der Waals surface area contributed by atoms with E-state index in [0.29, 0.717) is 17.4 Å². The maximum Gasteiger partial charge on any atom is 0.338 e. The minimum Gasteiger partial charge on any atom is -0.452 e. The largest absolute Gasteiger partial charge is 0.452 e. The van der Waals surface area contributed by atoms with Crippen LogP contribution in [0, 0.1) is 6.92 Å². The van der Waals surface area contributed by atoms with E-state index in [4.69, 9.17) is 4.74 Å². The van der Waals surface area contributed by atoms with Crippen LogP contribution in [0.15, 0.2) is 53.4 Å². The van der Waals surface area contributed by atoms with Gasteiger partial charge in [-0.05, 0) is 37.1 Å². The third-order valence-corrected chi connectivity index (χ3v) is 5.47. The molecule has 1 aliphatic heterocycles. The molecule has 0 spiro atoms. The first kappa shape index (κ1) is 17.5. The number of thioether (sulfide) groups is 1. The van der Waals surface area contributed by atoms with Gasteiger partial charge in [-0.2, -0.15) is 0 Å². The van der Waals surface area contributed by atoms with Gasteiger partial charge in [0.15, 0.2) is 6.61 Å². The average Bonchev–Trinajstić information content (AvgIpc) is 2.78. The van der Waals surface area contributed by atoms with Crippen molar-refractivity contribution in [2.24, 2.45) is 0 Å². The fraction of sp³-hybridized carbons (Fsp3) is 0.300. The van der Waals surface area contributed by atoms with Crippen LogP contribution in [0.5, 0.6) is 0 Å². The Labute approximate surface area is 152 Å². The summed E-state index contributed by atoms with van der Waals surface area (Å²) in [5.74, 6) is -0.651. The topological polar surface area (TPSA) is 46.6 Å². The molecule has 0 unspecified atom stereocenters. The summed E-state index contributed by atoms with van der Waals surface area (Å²) >= 11 is 1.78. The molecule has 2 aromatic rings. The van der Waals surface area contributed by atoms with Crippen LogP contribution in [0.3, 0.4) is 0 Å². The lowest BCUT2D eigenvalue weighted by Crippen LogP contribution is -2.35. The molecule has 0 aromatic heterocycles. The molecule has 1 atom stereocenters. The number of hydrogen-bond acceptors (Lipinski definition) is 4. The minimum absolute atomic E-state index is 0.191. The van der Waals surface area contributed by atoms with Gasteiger partial charge in [-0.25, -0.2) is 4.79 Å². The second-order valence-corrected chi connectivity index (χ2v) is 7.60. The normalized spacial score (nSPS) is 16.7. The highest BCUT2D eigenvalue weighted by molar-refractivity contribution is 8.00. The molecule has 0 bridgehead atoms. The summed E-state index contributed by atoms with van der Waals surface area (Å²) in [5.41, 5.74) is 2.23. The quantitative estimate of drug-likeness (QED) is 0.779. The number of carbonyl (C=O) groups excluding carboxylic acids is 2. The third kappa shape index (κ3) is 4.04. The summed E-state index contributed by atoms with van der Waals surface area (Å²) in [4.78, 5) is 27.7. The number of ether oxygens (including phenoxy) is 1. The molecule has 0 N–H and O–H groups in total. The summed E-state index contributed by atoms with van der Waals surface area (Å²) in [7, 11) is 0. The van der Waals surface area contributed by atoms with E-state index in [1.165, 1.54) is 0 Å². The molecule has 1 heterocycles. The standard InChI is InChI=1S/C20H21NO3S/c1-14-7-3-4-8-16(14)20(23)24-13-19(22)21-12-11-15(2)25-18-10-6-5-9-17(18)21/h3-10,15H,11-13H2,1-2H3/t15-/m1/s1. The van der Waals surface area contributed by atoms with Crippen LogP contribution in [0.4, 0.5) is 5.69 Å². The van der Waals surface area contributed by atoms with Crippen LogP contribution in [-0.4, -0.2) is 30.3 Å². The fourth-order valence-corrected chi connectivity index (χ4v) is 3.94. The number of esters is 1. The molecule has 1 aliphatic rings. The van der Waals surface area contributed by atoms with Gasteiger partial charge in [0.25, 0.3) is 5.91 Å². The molecule has 3 rings (SSSR count). The van der Waals surface area contributed by atoms with Crippen LogP contribution in [0.2, 0.25) is 0 Å². The van der Waals surface area contributed by atoms with Gasteiger partial charge in [0.2, 0.25) is 0 Å². The smallest absolute Gasteiger partial charge is 0.338 e.